The second-order valence-electron chi connectivity index (χ2n) is 4.66. The summed E-state index contributed by atoms with van der Waals surface area (Å²) in [6.45, 7) is 0. The van der Waals surface area contributed by atoms with Crippen molar-refractivity contribution in [2.45, 2.75) is 18.3 Å². The lowest BCUT2D eigenvalue weighted by molar-refractivity contribution is -0.140. The Morgan fingerprint density at radius 3 is 2.24 bits per heavy atom. The summed E-state index contributed by atoms with van der Waals surface area (Å²) in [5.74, 6) is -0.886. The van der Waals surface area contributed by atoms with Crippen molar-refractivity contribution in [3.63, 3.8) is 0 Å². The van der Waals surface area contributed by atoms with Crippen LogP contribution in [-0.2, 0) is 25.2 Å². The van der Waals surface area contributed by atoms with E-state index in [2.05, 4.69) is 9.46 Å². The zero-order valence-electron chi connectivity index (χ0n) is 11.1. The van der Waals surface area contributed by atoms with Gasteiger partial charge in [0, 0.05) is 0 Å². The number of ether oxygens (including phenoxy) is 1. The molecule has 0 unspecified atom stereocenters. The van der Waals surface area contributed by atoms with Crippen LogP contribution in [0.25, 0.3) is 0 Å². The van der Waals surface area contributed by atoms with Crippen molar-refractivity contribution in [1.29, 1.82) is 0 Å². The number of amides is 1. The summed E-state index contributed by atoms with van der Waals surface area (Å²) < 4.78 is 31.1. The summed E-state index contributed by atoms with van der Waals surface area (Å²) in [7, 11) is -3.04. The van der Waals surface area contributed by atoms with E-state index in [-0.39, 0.29) is 5.69 Å². The molecule has 3 N–H and O–H groups in total. The maximum Gasteiger partial charge on any atom is 0.422 e. The highest BCUT2D eigenvalue weighted by atomic mass is 32.2. The van der Waals surface area contributed by atoms with Crippen LogP contribution in [0.3, 0.4) is 0 Å². The fourth-order valence-corrected chi connectivity index (χ4v) is 2.74. The average Bonchev–Trinajstić information content (AvgIpc) is 3.20. The minimum Gasteiger partial charge on any atom is -0.481 e. The third-order valence-electron chi connectivity index (χ3n) is 3.25. The van der Waals surface area contributed by atoms with Gasteiger partial charge in [-0.3, -0.25) is 9.52 Å². The lowest BCUT2D eigenvalue weighted by Crippen LogP contribution is -2.35. The lowest BCUT2D eigenvalue weighted by Gasteiger charge is -2.12. The quantitative estimate of drug-likeness (QED) is 0.739. The molecule has 0 heterocycles. The third-order valence-corrected chi connectivity index (χ3v) is 4.19. The van der Waals surface area contributed by atoms with Crippen molar-refractivity contribution in [3.8, 4) is 0 Å². The van der Waals surface area contributed by atoms with Crippen LogP contribution >= 0.6 is 0 Å². The second kappa shape index (κ2) is 5.24. The molecule has 0 aliphatic heterocycles. The molecule has 1 aliphatic carbocycles. The summed E-state index contributed by atoms with van der Waals surface area (Å²) in [6.07, 6.45) is 0.0242. The van der Waals surface area contributed by atoms with Gasteiger partial charge in [0.05, 0.1) is 18.2 Å². The van der Waals surface area contributed by atoms with Gasteiger partial charge in [0.2, 0.25) is 0 Å². The molecule has 1 aromatic rings. The van der Waals surface area contributed by atoms with E-state index in [0.717, 1.165) is 7.11 Å². The number of hydrogen-bond acceptors (Lipinski definition) is 5. The molecule has 2 rings (SSSR count). The summed E-state index contributed by atoms with van der Waals surface area (Å²) >= 11 is 0. The molecular weight excluding hydrogens is 300 g/mol. The Labute approximate surface area is 121 Å². The number of carboxylic acids is 1. The molecule has 0 radical (unpaired) electrons. The van der Waals surface area contributed by atoms with E-state index >= 15 is 0 Å². The lowest BCUT2D eigenvalue weighted by atomic mass is 9.96. The third kappa shape index (κ3) is 3.24. The molecule has 0 saturated heterocycles. The van der Waals surface area contributed by atoms with Gasteiger partial charge >= 0.3 is 22.3 Å². The zero-order chi connectivity index (χ0) is 15.7. The minimum atomic E-state index is -4.09. The van der Waals surface area contributed by atoms with Crippen molar-refractivity contribution in [3.05, 3.63) is 29.8 Å². The largest absolute Gasteiger partial charge is 0.481 e. The van der Waals surface area contributed by atoms with E-state index in [0.29, 0.717) is 18.4 Å². The average molecular weight is 314 g/mol. The standard InChI is InChI=1S/C12H14N2O6S/c1-20-11(17)14-21(18,19)13-9-4-2-8(3-5-9)12(6-7-12)10(15)16/h2-5,13H,6-7H2,1H3,(H,14,17)(H,15,16). The Bertz CT molecular complexity index is 663. The van der Waals surface area contributed by atoms with E-state index in [1.54, 1.807) is 16.9 Å². The molecule has 21 heavy (non-hydrogen) atoms. The molecule has 1 amide bonds. The summed E-state index contributed by atoms with van der Waals surface area (Å²) in [6, 6.07) is 5.98. The monoisotopic (exact) mass is 314 g/mol. The Hall–Kier alpha value is -2.29. The number of carboxylic acid groups (broad SMARTS) is 1. The maximum atomic E-state index is 11.6. The van der Waals surface area contributed by atoms with Crippen LogP contribution in [0.1, 0.15) is 18.4 Å². The van der Waals surface area contributed by atoms with Crippen molar-refractivity contribution in [2.75, 3.05) is 11.8 Å². The van der Waals surface area contributed by atoms with Crippen molar-refractivity contribution in [1.82, 2.24) is 4.72 Å². The zero-order valence-corrected chi connectivity index (χ0v) is 11.9. The smallest absolute Gasteiger partial charge is 0.422 e. The Kier molecular flexibility index (Phi) is 3.77. The predicted octanol–water partition coefficient (Wildman–Crippen LogP) is 0.815. The van der Waals surface area contributed by atoms with Crippen LogP contribution in [0.15, 0.2) is 24.3 Å². The Balaban J connectivity index is 2.10. The van der Waals surface area contributed by atoms with Gasteiger partial charge in [0.1, 0.15) is 0 Å². The number of nitrogens with one attached hydrogen (secondary N) is 2. The van der Waals surface area contributed by atoms with Crippen LogP contribution in [0, 0.1) is 0 Å². The SMILES string of the molecule is COC(=O)NS(=O)(=O)Nc1ccc(C2(C(=O)O)CC2)cc1. The van der Waals surface area contributed by atoms with E-state index in [4.69, 9.17) is 5.11 Å². The number of aliphatic carboxylic acids is 1. The van der Waals surface area contributed by atoms with Gasteiger partial charge in [0.15, 0.2) is 0 Å². The highest BCUT2D eigenvalue weighted by Crippen LogP contribution is 2.48. The topological polar surface area (TPSA) is 122 Å². The molecule has 114 valence electrons. The first-order valence-corrected chi connectivity index (χ1v) is 7.50. The summed E-state index contributed by atoms with van der Waals surface area (Å²) in [5.41, 5.74) is -0.0167. The van der Waals surface area contributed by atoms with Crippen molar-refractivity contribution < 1.29 is 27.9 Å². The van der Waals surface area contributed by atoms with Gasteiger partial charge in [-0.15, -0.1) is 0 Å². The van der Waals surface area contributed by atoms with Crippen LogP contribution in [0.5, 0.6) is 0 Å². The number of carbonyl (C=O) groups is 2. The minimum absolute atomic E-state index is 0.205. The fraction of sp³-hybridized carbons (Fsp3) is 0.333. The predicted molar refractivity (Wildman–Crippen MR) is 73.1 cm³/mol. The van der Waals surface area contributed by atoms with E-state index < -0.39 is 27.7 Å². The van der Waals surface area contributed by atoms with Gasteiger partial charge in [0.25, 0.3) is 0 Å². The van der Waals surface area contributed by atoms with Crippen LogP contribution in [-0.4, -0.2) is 32.7 Å². The van der Waals surface area contributed by atoms with E-state index in [9.17, 15) is 18.0 Å². The summed E-state index contributed by atoms with van der Waals surface area (Å²) in [4.78, 5) is 22.0. The van der Waals surface area contributed by atoms with Gasteiger partial charge < -0.3 is 9.84 Å². The number of rotatable bonds is 5. The first kappa shape index (κ1) is 15.1. The van der Waals surface area contributed by atoms with Gasteiger partial charge in [-0.2, -0.15) is 8.42 Å². The number of benzene rings is 1. The second-order valence-corrected chi connectivity index (χ2v) is 6.08. The number of anilines is 1. The molecule has 1 fully saturated rings. The molecule has 1 aromatic carbocycles. The molecule has 8 nitrogen and oxygen atoms in total. The van der Waals surface area contributed by atoms with Gasteiger partial charge in [-0.1, -0.05) is 12.1 Å². The summed E-state index contributed by atoms with van der Waals surface area (Å²) in [5, 5.41) is 9.17. The Morgan fingerprint density at radius 2 is 1.81 bits per heavy atom. The van der Waals surface area contributed by atoms with E-state index in [1.165, 1.54) is 12.1 Å². The van der Waals surface area contributed by atoms with Crippen molar-refractivity contribution >= 4 is 28.0 Å². The number of methoxy groups -OCH3 is 1. The molecule has 1 saturated carbocycles. The van der Waals surface area contributed by atoms with Gasteiger partial charge in [-0.05, 0) is 30.5 Å². The molecule has 0 bridgehead atoms. The number of carbonyl (C=O) groups excluding carboxylic acids is 1. The normalized spacial score (nSPS) is 15.9. The first-order chi connectivity index (χ1) is 9.79. The molecular formula is C12H14N2O6S. The molecule has 0 spiro atoms. The van der Waals surface area contributed by atoms with Crippen LogP contribution in [0.2, 0.25) is 0 Å². The molecule has 0 atom stereocenters. The molecule has 9 heteroatoms. The Morgan fingerprint density at radius 1 is 1.24 bits per heavy atom. The molecule has 1 aliphatic rings. The van der Waals surface area contributed by atoms with Crippen molar-refractivity contribution in [2.24, 2.45) is 0 Å². The maximum absolute atomic E-state index is 11.6. The fourth-order valence-electron chi connectivity index (χ4n) is 1.94. The van der Waals surface area contributed by atoms with E-state index in [1.807, 2.05) is 0 Å². The van der Waals surface area contributed by atoms with Crippen LogP contribution < -0.4 is 9.44 Å². The number of hydrogen-bond donors (Lipinski definition) is 3. The first-order valence-electron chi connectivity index (χ1n) is 6.01. The highest BCUT2D eigenvalue weighted by Gasteiger charge is 2.51. The highest BCUT2D eigenvalue weighted by molar-refractivity contribution is 7.91. The van der Waals surface area contributed by atoms with Crippen LogP contribution in [0.4, 0.5) is 10.5 Å². The van der Waals surface area contributed by atoms with Gasteiger partial charge in [-0.25, -0.2) is 9.52 Å². The molecule has 0 aromatic heterocycles.